The third-order valence-corrected chi connectivity index (χ3v) is 3.23. The van der Waals surface area contributed by atoms with Crippen LogP contribution in [0, 0.1) is 0 Å². The average molecular weight is 268 g/mol. The summed E-state index contributed by atoms with van der Waals surface area (Å²) in [5.41, 5.74) is 5.64. The maximum atomic E-state index is 11.2. The summed E-state index contributed by atoms with van der Waals surface area (Å²) in [6.45, 7) is 0.237. The molecule has 1 heterocycles. The Labute approximate surface area is 104 Å². The summed E-state index contributed by atoms with van der Waals surface area (Å²) in [5.74, 6) is 1.10. The quantitative estimate of drug-likeness (QED) is 0.807. The Morgan fingerprint density at radius 1 is 1.28 bits per heavy atom. The van der Waals surface area contributed by atoms with Crippen molar-refractivity contribution in [2.75, 3.05) is 5.73 Å². The second kappa shape index (κ2) is 4.71. The minimum Gasteiger partial charge on any atom is -0.486 e. The molecule has 2 aromatic rings. The number of primary sulfonamides is 1. The lowest BCUT2D eigenvalue weighted by Gasteiger charge is -2.07. The first kappa shape index (κ1) is 12.5. The normalized spacial score (nSPS) is 11.4. The zero-order valence-electron chi connectivity index (χ0n) is 9.37. The Morgan fingerprint density at radius 2 is 2.06 bits per heavy atom. The summed E-state index contributed by atoms with van der Waals surface area (Å²) in [4.78, 5) is -0.118. The van der Waals surface area contributed by atoms with E-state index in [2.05, 4.69) is 0 Å². The van der Waals surface area contributed by atoms with Gasteiger partial charge in [-0.25, -0.2) is 13.6 Å². The standard InChI is InChI=1S/C11H12N2O4S/c12-10-6-8(3-4-11(10)18(13,14)15)17-7-9-2-1-5-16-9/h1-6H,7,12H2,(H2,13,14,15). The molecule has 0 saturated heterocycles. The Balaban J connectivity index is 2.14. The van der Waals surface area contributed by atoms with Gasteiger partial charge in [0.2, 0.25) is 10.0 Å². The number of sulfonamides is 1. The van der Waals surface area contributed by atoms with Gasteiger partial charge in [0.25, 0.3) is 0 Å². The molecule has 1 aromatic heterocycles. The fourth-order valence-electron chi connectivity index (χ4n) is 1.42. The molecule has 0 aliphatic carbocycles. The van der Waals surface area contributed by atoms with Gasteiger partial charge >= 0.3 is 0 Å². The third kappa shape index (κ3) is 2.82. The van der Waals surface area contributed by atoms with Crippen molar-refractivity contribution >= 4 is 15.7 Å². The number of anilines is 1. The lowest BCUT2D eigenvalue weighted by Crippen LogP contribution is -2.14. The Morgan fingerprint density at radius 3 is 2.61 bits per heavy atom. The van der Waals surface area contributed by atoms with E-state index in [1.54, 1.807) is 12.1 Å². The first-order valence-corrected chi connectivity index (χ1v) is 6.59. The van der Waals surface area contributed by atoms with Crippen LogP contribution in [-0.4, -0.2) is 8.42 Å². The monoisotopic (exact) mass is 268 g/mol. The average Bonchev–Trinajstić information content (AvgIpc) is 2.77. The first-order chi connectivity index (χ1) is 8.47. The van der Waals surface area contributed by atoms with E-state index in [4.69, 9.17) is 20.0 Å². The molecule has 0 atom stereocenters. The van der Waals surface area contributed by atoms with Gasteiger partial charge in [0.1, 0.15) is 23.0 Å². The molecule has 0 spiro atoms. The van der Waals surface area contributed by atoms with Crippen LogP contribution in [0.25, 0.3) is 0 Å². The molecule has 2 rings (SSSR count). The van der Waals surface area contributed by atoms with Crippen LogP contribution in [0.5, 0.6) is 5.75 Å². The number of ether oxygens (including phenoxy) is 1. The van der Waals surface area contributed by atoms with Crippen molar-refractivity contribution in [2.45, 2.75) is 11.5 Å². The molecule has 7 heteroatoms. The molecule has 0 saturated carbocycles. The molecule has 4 N–H and O–H groups in total. The highest BCUT2D eigenvalue weighted by Gasteiger charge is 2.12. The van der Waals surface area contributed by atoms with Gasteiger partial charge in [-0.3, -0.25) is 0 Å². The molecular weight excluding hydrogens is 256 g/mol. The molecule has 96 valence electrons. The number of hydrogen-bond acceptors (Lipinski definition) is 5. The summed E-state index contributed by atoms with van der Waals surface area (Å²) < 4.78 is 32.8. The number of rotatable bonds is 4. The molecule has 0 aliphatic heterocycles. The van der Waals surface area contributed by atoms with Crippen LogP contribution in [0.15, 0.2) is 45.9 Å². The third-order valence-electron chi connectivity index (χ3n) is 2.25. The van der Waals surface area contributed by atoms with Crippen LogP contribution in [0.2, 0.25) is 0 Å². The molecule has 0 aliphatic rings. The highest BCUT2D eigenvalue weighted by molar-refractivity contribution is 7.89. The van der Waals surface area contributed by atoms with Crippen LogP contribution in [0.1, 0.15) is 5.76 Å². The number of nitrogens with two attached hydrogens (primary N) is 2. The van der Waals surface area contributed by atoms with Gasteiger partial charge in [0.15, 0.2) is 0 Å². The number of benzene rings is 1. The van der Waals surface area contributed by atoms with Crippen molar-refractivity contribution in [3.05, 3.63) is 42.4 Å². The smallest absolute Gasteiger partial charge is 0.240 e. The Hall–Kier alpha value is -1.99. The van der Waals surface area contributed by atoms with Gasteiger partial charge in [0, 0.05) is 6.07 Å². The minimum absolute atomic E-state index is 0.0504. The predicted molar refractivity (Wildman–Crippen MR) is 65.3 cm³/mol. The molecule has 6 nitrogen and oxygen atoms in total. The van der Waals surface area contributed by atoms with Gasteiger partial charge in [-0.1, -0.05) is 0 Å². The van der Waals surface area contributed by atoms with E-state index in [1.807, 2.05) is 0 Å². The number of nitrogen functional groups attached to an aromatic ring is 1. The summed E-state index contributed by atoms with van der Waals surface area (Å²) >= 11 is 0. The zero-order valence-corrected chi connectivity index (χ0v) is 10.2. The minimum atomic E-state index is -3.81. The van der Waals surface area contributed by atoms with Crippen LogP contribution < -0.4 is 15.6 Å². The highest BCUT2D eigenvalue weighted by atomic mass is 32.2. The maximum absolute atomic E-state index is 11.2. The molecule has 0 fully saturated rings. The van der Waals surface area contributed by atoms with E-state index in [-0.39, 0.29) is 17.2 Å². The second-order valence-corrected chi connectivity index (χ2v) is 5.14. The number of hydrogen-bond donors (Lipinski definition) is 2. The van der Waals surface area contributed by atoms with Gasteiger partial charge in [-0.2, -0.15) is 0 Å². The van der Waals surface area contributed by atoms with E-state index in [1.165, 1.54) is 24.5 Å². The summed E-state index contributed by atoms with van der Waals surface area (Å²) in [6, 6.07) is 7.71. The van der Waals surface area contributed by atoms with Crippen molar-refractivity contribution < 1.29 is 17.6 Å². The van der Waals surface area contributed by atoms with E-state index >= 15 is 0 Å². The van der Waals surface area contributed by atoms with Gasteiger partial charge in [0.05, 0.1) is 12.0 Å². The molecule has 0 bridgehead atoms. The van der Waals surface area contributed by atoms with E-state index in [9.17, 15) is 8.42 Å². The van der Waals surface area contributed by atoms with Crippen LogP contribution in [0.4, 0.5) is 5.69 Å². The molecule has 0 radical (unpaired) electrons. The summed E-state index contributed by atoms with van der Waals surface area (Å²) in [5, 5.41) is 5.00. The zero-order chi connectivity index (χ0) is 13.2. The van der Waals surface area contributed by atoms with Crippen molar-refractivity contribution in [2.24, 2.45) is 5.14 Å². The van der Waals surface area contributed by atoms with E-state index in [0.717, 1.165) is 0 Å². The lowest BCUT2D eigenvalue weighted by atomic mass is 10.3. The highest BCUT2D eigenvalue weighted by Crippen LogP contribution is 2.23. The fraction of sp³-hybridized carbons (Fsp3) is 0.0909. The van der Waals surface area contributed by atoms with Crippen LogP contribution in [-0.2, 0) is 16.6 Å². The fourth-order valence-corrected chi connectivity index (χ4v) is 2.07. The second-order valence-electron chi connectivity index (χ2n) is 3.61. The van der Waals surface area contributed by atoms with E-state index < -0.39 is 10.0 Å². The SMILES string of the molecule is Nc1cc(OCc2ccco2)ccc1S(N)(=O)=O. The van der Waals surface area contributed by atoms with Crippen molar-refractivity contribution in [1.82, 2.24) is 0 Å². The van der Waals surface area contributed by atoms with Crippen LogP contribution in [0.3, 0.4) is 0 Å². The van der Waals surface area contributed by atoms with Crippen LogP contribution >= 0.6 is 0 Å². The largest absolute Gasteiger partial charge is 0.486 e. The van der Waals surface area contributed by atoms with Gasteiger partial charge in [-0.05, 0) is 24.3 Å². The molecular formula is C11H12N2O4S. The van der Waals surface area contributed by atoms with Crippen molar-refractivity contribution in [3.8, 4) is 5.75 Å². The van der Waals surface area contributed by atoms with Gasteiger partial charge < -0.3 is 14.9 Å². The Kier molecular flexibility index (Phi) is 3.26. The Bertz CT molecular complexity index is 635. The first-order valence-electron chi connectivity index (χ1n) is 5.04. The van der Waals surface area contributed by atoms with Gasteiger partial charge in [-0.15, -0.1) is 0 Å². The molecule has 1 aromatic carbocycles. The van der Waals surface area contributed by atoms with Crippen molar-refractivity contribution in [3.63, 3.8) is 0 Å². The lowest BCUT2D eigenvalue weighted by molar-refractivity contribution is 0.270. The van der Waals surface area contributed by atoms with Crippen molar-refractivity contribution in [1.29, 1.82) is 0 Å². The molecule has 18 heavy (non-hydrogen) atoms. The molecule has 0 amide bonds. The predicted octanol–water partition coefficient (Wildman–Crippen LogP) is 1.09. The maximum Gasteiger partial charge on any atom is 0.240 e. The number of furan rings is 1. The molecule has 0 unspecified atom stereocenters. The summed E-state index contributed by atoms with van der Waals surface area (Å²) in [6.07, 6.45) is 1.54. The van der Waals surface area contributed by atoms with E-state index in [0.29, 0.717) is 11.5 Å². The summed E-state index contributed by atoms with van der Waals surface area (Å²) in [7, 11) is -3.81. The topological polar surface area (TPSA) is 109 Å².